The molecule has 0 aliphatic rings. The van der Waals surface area contributed by atoms with Crippen LogP contribution in [0.3, 0.4) is 0 Å². The molecule has 1 unspecified atom stereocenters. The van der Waals surface area contributed by atoms with E-state index in [1.54, 1.807) is 11.3 Å². The van der Waals surface area contributed by atoms with Gasteiger partial charge in [0.05, 0.1) is 12.1 Å². The number of hydrogen-bond acceptors (Lipinski definition) is 3. The number of rotatable bonds is 3. The molecule has 0 saturated carbocycles. The maximum atomic E-state index is 8.57. The molecule has 0 spiro atoms. The predicted molar refractivity (Wildman–Crippen MR) is 50.9 cm³/mol. The monoisotopic (exact) mass is 180 g/mol. The van der Waals surface area contributed by atoms with Crippen molar-refractivity contribution < 1.29 is 0 Å². The van der Waals surface area contributed by atoms with Gasteiger partial charge in [-0.3, -0.25) is 5.32 Å². The molecule has 0 aliphatic carbocycles. The molecule has 1 N–H and O–H groups in total. The Kier molecular flexibility index (Phi) is 3.27. The Labute approximate surface area is 76.8 Å². The molecule has 1 rings (SSSR count). The van der Waals surface area contributed by atoms with Crippen molar-refractivity contribution in [2.24, 2.45) is 0 Å². The van der Waals surface area contributed by atoms with Crippen LogP contribution in [0.1, 0.15) is 24.8 Å². The van der Waals surface area contributed by atoms with Crippen molar-refractivity contribution in [3.05, 3.63) is 22.4 Å². The van der Waals surface area contributed by atoms with Gasteiger partial charge in [0.25, 0.3) is 0 Å². The molecule has 0 amide bonds. The highest BCUT2D eigenvalue weighted by molar-refractivity contribution is 7.10. The van der Waals surface area contributed by atoms with Crippen LogP contribution in [0.4, 0.5) is 0 Å². The molecule has 0 bridgehead atoms. The van der Waals surface area contributed by atoms with Crippen LogP contribution < -0.4 is 5.32 Å². The van der Waals surface area contributed by atoms with Crippen molar-refractivity contribution >= 4 is 11.3 Å². The molecule has 12 heavy (non-hydrogen) atoms. The Bertz CT molecular complexity index is 261. The Morgan fingerprint density at radius 2 is 2.33 bits per heavy atom. The third-order valence-electron chi connectivity index (χ3n) is 1.66. The molecule has 3 heteroatoms. The van der Waals surface area contributed by atoms with Crippen molar-refractivity contribution in [1.29, 1.82) is 5.26 Å². The molecular weight excluding hydrogens is 168 g/mol. The van der Waals surface area contributed by atoms with Gasteiger partial charge in [-0.1, -0.05) is 6.07 Å². The molecule has 0 radical (unpaired) electrons. The third-order valence-corrected chi connectivity index (χ3v) is 2.72. The predicted octanol–water partition coefficient (Wildman–Crippen LogP) is 2.31. The van der Waals surface area contributed by atoms with Crippen LogP contribution in [-0.4, -0.2) is 6.04 Å². The van der Waals surface area contributed by atoms with E-state index in [-0.39, 0.29) is 12.1 Å². The summed E-state index contributed by atoms with van der Waals surface area (Å²) >= 11 is 1.71. The smallest absolute Gasteiger partial charge is 0.0929 e. The Balaban J connectivity index is 2.51. The standard InChI is InChI=1S/C9H12N2S/c1-7(6-10)11-8(2)9-4-3-5-12-9/h3-5,7-8,11H,1-2H3/t7?,8-/m0/s1. The van der Waals surface area contributed by atoms with Crippen molar-refractivity contribution in [3.8, 4) is 6.07 Å². The fourth-order valence-corrected chi connectivity index (χ4v) is 1.78. The Morgan fingerprint density at radius 1 is 1.58 bits per heavy atom. The fraction of sp³-hybridized carbons (Fsp3) is 0.444. The van der Waals surface area contributed by atoms with Crippen LogP contribution in [0.2, 0.25) is 0 Å². The molecule has 1 heterocycles. The maximum absolute atomic E-state index is 8.57. The van der Waals surface area contributed by atoms with Gasteiger partial charge in [0, 0.05) is 10.9 Å². The molecule has 1 aromatic rings. The average molecular weight is 180 g/mol. The molecule has 0 aromatic carbocycles. The molecular formula is C9H12N2S. The van der Waals surface area contributed by atoms with Crippen LogP contribution >= 0.6 is 11.3 Å². The lowest BCUT2D eigenvalue weighted by Crippen LogP contribution is -2.26. The lowest BCUT2D eigenvalue weighted by molar-refractivity contribution is 0.550. The Morgan fingerprint density at radius 3 is 2.83 bits per heavy atom. The summed E-state index contributed by atoms with van der Waals surface area (Å²) in [5, 5.41) is 13.8. The Hall–Kier alpha value is -0.850. The first-order valence-electron chi connectivity index (χ1n) is 3.93. The molecule has 0 fully saturated rings. The van der Waals surface area contributed by atoms with Crippen LogP contribution in [0.15, 0.2) is 17.5 Å². The van der Waals surface area contributed by atoms with Crippen LogP contribution in [0, 0.1) is 11.3 Å². The second-order valence-electron chi connectivity index (χ2n) is 2.75. The zero-order valence-electron chi connectivity index (χ0n) is 7.24. The van der Waals surface area contributed by atoms with Gasteiger partial charge in [0.2, 0.25) is 0 Å². The second kappa shape index (κ2) is 4.24. The average Bonchev–Trinajstić information content (AvgIpc) is 2.56. The minimum Gasteiger partial charge on any atom is -0.295 e. The summed E-state index contributed by atoms with van der Waals surface area (Å²) in [5.74, 6) is 0. The minimum absolute atomic E-state index is 0.0814. The van der Waals surface area contributed by atoms with Crippen molar-refractivity contribution in [2.45, 2.75) is 25.9 Å². The summed E-state index contributed by atoms with van der Waals surface area (Å²) in [5.41, 5.74) is 0. The van der Waals surface area contributed by atoms with Crippen molar-refractivity contribution in [2.75, 3.05) is 0 Å². The molecule has 0 aliphatic heterocycles. The summed E-state index contributed by atoms with van der Waals surface area (Å²) < 4.78 is 0. The highest BCUT2D eigenvalue weighted by Gasteiger charge is 2.08. The number of nitriles is 1. The van der Waals surface area contributed by atoms with Gasteiger partial charge >= 0.3 is 0 Å². The third kappa shape index (κ3) is 2.33. The molecule has 1 aromatic heterocycles. The lowest BCUT2D eigenvalue weighted by atomic mass is 10.2. The van der Waals surface area contributed by atoms with Gasteiger partial charge in [0.15, 0.2) is 0 Å². The van der Waals surface area contributed by atoms with Crippen molar-refractivity contribution in [1.82, 2.24) is 5.32 Å². The molecule has 64 valence electrons. The quantitative estimate of drug-likeness (QED) is 0.774. The first-order chi connectivity index (χ1) is 5.74. The first kappa shape index (κ1) is 9.24. The van der Waals surface area contributed by atoms with Crippen LogP contribution in [-0.2, 0) is 0 Å². The zero-order chi connectivity index (χ0) is 8.97. The lowest BCUT2D eigenvalue weighted by Gasteiger charge is -2.12. The van der Waals surface area contributed by atoms with Gasteiger partial charge in [0.1, 0.15) is 0 Å². The summed E-state index contributed by atoms with van der Waals surface area (Å²) in [6.07, 6.45) is 0. The van der Waals surface area contributed by atoms with Gasteiger partial charge < -0.3 is 0 Å². The van der Waals surface area contributed by atoms with Crippen LogP contribution in [0.25, 0.3) is 0 Å². The number of hydrogen-bond donors (Lipinski definition) is 1. The minimum atomic E-state index is -0.0814. The highest BCUT2D eigenvalue weighted by Crippen LogP contribution is 2.18. The van der Waals surface area contributed by atoms with Crippen molar-refractivity contribution in [3.63, 3.8) is 0 Å². The van der Waals surface area contributed by atoms with E-state index in [1.807, 2.05) is 18.4 Å². The van der Waals surface area contributed by atoms with E-state index in [9.17, 15) is 0 Å². The van der Waals surface area contributed by atoms with E-state index in [2.05, 4.69) is 24.4 Å². The van der Waals surface area contributed by atoms with Crippen LogP contribution in [0.5, 0.6) is 0 Å². The van der Waals surface area contributed by atoms with Gasteiger partial charge in [-0.05, 0) is 25.3 Å². The molecule has 2 nitrogen and oxygen atoms in total. The fourth-order valence-electron chi connectivity index (χ4n) is 1.03. The summed E-state index contributed by atoms with van der Waals surface area (Å²) in [6, 6.07) is 6.45. The largest absolute Gasteiger partial charge is 0.295 e. The number of nitrogens with zero attached hydrogens (tertiary/aromatic N) is 1. The van der Waals surface area contributed by atoms with E-state index in [1.165, 1.54) is 4.88 Å². The van der Waals surface area contributed by atoms with E-state index in [0.29, 0.717) is 0 Å². The first-order valence-corrected chi connectivity index (χ1v) is 4.81. The van der Waals surface area contributed by atoms with Gasteiger partial charge in [-0.25, -0.2) is 0 Å². The normalized spacial score (nSPS) is 15.1. The van der Waals surface area contributed by atoms with E-state index >= 15 is 0 Å². The topological polar surface area (TPSA) is 35.8 Å². The number of thiophene rings is 1. The summed E-state index contributed by atoms with van der Waals surface area (Å²) in [7, 11) is 0. The molecule has 0 saturated heterocycles. The van der Waals surface area contributed by atoms with E-state index in [4.69, 9.17) is 5.26 Å². The van der Waals surface area contributed by atoms with E-state index in [0.717, 1.165) is 0 Å². The van der Waals surface area contributed by atoms with Gasteiger partial charge in [-0.2, -0.15) is 5.26 Å². The number of nitrogens with one attached hydrogen (secondary N) is 1. The summed E-state index contributed by atoms with van der Waals surface area (Å²) in [6.45, 7) is 3.93. The van der Waals surface area contributed by atoms with E-state index < -0.39 is 0 Å². The highest BCUT2D eigenvalue weighted by atomic mass is 32.1. The van der Waals surface area contributed by atoms with Gasteiger partial charge in [-0.15, -0.1) is 11.3 Å². The SMILES string of the molecule is CC(C#N)N[C@@H](C)c1cccs1. The second-order valence-corrected chi connectivity index (χ2v) is 3.73. The zero-order valence-corrected chi connectivity index (χ0v) is 8.06. The summed E-state index contributed by atoms with van der Waals surface area (Å²) in [4.78, 5) is 1.28. The molecule has 2 atom stereocenters. The maximum Gasteiger partial charge on any atom is 0.0929 e.